The Kier molecular flexibility index (Phi) is 4.39. The number of benzene rings is 1. The maximum absolute atomic E-state index is 4.67. The first kappa shape index (κ1) is 15.8. The summed E-state index contributed by atoms with van der Waals surface area (Å²) in [5.74, 6) is 0.615. The fourth-order valence-electron chi connectivity index (χ4n) is 4.18. The molecule has 5 nitrogen and oxygen atoms in total. The topological polar surface area (TPSA) is 56.0 Å². The Morgan fingerprint density at radius 3 is 2.62 bits per heavy atom. The van der Waals surface area contributed by atoms with Gasteiger partial charge in [0, 0.05) is 43.2 Å². The van der Waals surface area contributed by atoms with Crippen LogP contribution in [0.25, 0.3) is 0 Å². The van der Waals surface area contributed by atoms with Crippen LogP contribution < -0.4 is 10.9 Å². The first-order valence-corrected chi connectivity index (χ1v) is 9.03. The average Bonchev–Trinajstić information content (AvgIpc) is 3.19. The summed E-state index contributed by atoms with van der Waals surface area (Å²) in [5, 5.41) is 0. The van der Waals surface area contributed by atoms with Crippen molar-refractivity contribution in [3.05, 3.63) is 53.6 Å². The van der Waals surface area contributed by atoms with E-state index in [4.69, 9.17) is 0 Å². The van der Waals surface area contributed by atoms with Crippen LogP contribution in [0.4, 0.5) is 0 Å². The van der Waals surface area contributed by atoms with Crippen LogP contribution in [-0.2, 0) is 12.8 Å². The third-order valence-corrected chi connectivity index (χ3v) is 5.70. The number of nitrogens with one attached hydrogen (secondary N) is 3. The van der Waals surface area contributed by atoms with Gasteiger partial charge in [0.2, 0.25) is 0 Å². The van der Waals surface area contributed by atoms with Gasteiger partial charge in [-0.1, -0.05) is 30.3 Å². The van der Waals surface area contributed by atoms with Crippen molar-refractivity contribution in [2.75, 3.05) is 13.1 Å². The average molecular weight is 325 g/mol. The zero-order valence-corrected chi connectivity index (χ0v) is 14.5. The highest BCUT2D eigenvalue weighted by molar-refractivity contribution is 5.24. The van der Waals surface area contributed by atoms with Gasteiger partial charge in [0.1, 0.15) is 0 Å². The minimum atomic E-state index is 0.363. The van der Waals surface area contributed by atoms with Crippen LogP contribution in [0.15, 0.2) is 36.7 Å². The van der Waals surface area contributed by atoms with E-state index < -0.39 is 0 Å². The molecule has 2 aliphatic rings. The van der Waals surface area contributed by atoms with Gasteiger partial charge in [-0.25, -0.2) is 4.98 Å². The van der Waals surface area contributed by atoms with Gasteiger partial charge in [-0.2, -0.15) is 0 Å². The van der Waals surface area contributed by atoms with E-state index in [9.17, 15) is 0 Å². The second-order valence-corrected chi connectivity index (χ2v) is 7.25. The zero-order chi connectivity index (χ0) is 16.5. The van der Waals surface area contributed by atoms with E-state index >= 15 is 0 Å². The minimum absolute atomic E-state index is 0.363. The van der Waals surface area contributed by atoms with Gasteiger partial charge in [-0.3, -0.25) is 15.8 Å². The van der Waals surface area contributed by atoms with Crippen molar-refractivity contribution in [3.8, 4) is 0 Å². The molecule has 0 amide bonds. The summed E-state index contributed by atoms with van der Waals surface area (Å²) in [4.78, 5) is 10.7. The highest BCUT2D eigenvalue weighted by Gasteiger charge is 2.36. The van der Waals surface area contributed by atoms with Crippen molar-refractivity contribution in [2.45, 2.75) is 44.8 Å². The Balaban J connectivity index is 1.58. The number of H-pyrrole nitrogens is 1. The van der Waals surface area contributed by atoms with E-state index in [1.165, 1.54) is 17.0 Å². The number of hydrogen-bond donors (Lipinski definition) is 3. The van der Waals surface area contributed by atoms with Crippen LogP contribution in [0.2, 0.25) is 0 Å². The molecule has 1 saturated heterocycles. The van der Waals surface area contributed by atoms with Crippen molar-refractivity contribution < 1.29 is 0 Å². The third-order valence-electron chi connectivity index (χ3n) is 5.70. The van der Waals surface area contributed by atoms with Crippen molar-refractivity contribution in [1.29, 1.82) is 0 Å². The lowest BCUT2D eigenvalue weighted by Gasteiger charge is -2.38. The summed E-state index contributed by atoms with van der Waals surface area (Å²) >= 11 is 0. The minimum Gasteiger partial charge on any atom is -0.348 e. The monoisotopic (exact) mass is 325 g/mol. The van der Waals surface area contributed by atoms with Gasteiger partial charge in [-0.15, -0.1) is 0 Å². The molecule has 128 valence electrons. The number of imidazole rings is 1. The van der Waals surface area contributed by atoms with Gasteiger partial charge in [0.05, 0.1) is 18.1 Å². The molecule has 3 heterocycles. The normalized spacial score (nSPS) is 30.4. The maximum atomic E-state index is 4.67. The number of rotatable bonds is 4. The van der Waals surface area contributed by atoms with Crippen LogP contribution in [0.3, 0.4) is 0 Å². The van der Waals surface area contributed by atoms with Crippen LogP contribution in [0.1, 0.15) is 36.8 Å². The predicted octanol–water partition coefficient (Wildman–Crippen LogP) is 2.05. The first-order chi connectivity index (χ1) is 11.7. The summed E-state index contributed by atoms with van der Waals surface area (Å²) in [6.45, 7) is 6.75. The molecule has 0 aliphatic carbocycles. The van der Waals surface area contributed by atoms with Crippen molar-refractivity contribution in [2.24, 2.45) is 5.92 Å². The van der Waals surface area contributed by atoms with Crippen molar-refractivity contribution in [1.82, 2.24) is 25.7 Å². The second kappa shape index (κ2) is 6.67. The molecule has 1 fully saturated rings. The second-order valence-electron chi connectivity index (χ2n) is 7.25. The Bertz CT molecular complexity index is 657. The van der Waals surface area contributed by atoms with E-state index in [1.807, 2.05) is 6.33 Å². The Hall–Kier alpha value is -1.69. The molecule has 5 heteroatoms. The molecular formula is C19H27N5. The molecule has 3 unspecified atom stereocenters. The third kappa shape index (κ3) is 2.99. The molecule has 0 radical (unpaired) electrons. The summed E-state index contributed by atoms with van der Waals surface area (Å²) in [6, 6.07) is 12.2. The standard InChI is InChI=1S/C19H27N5/c1-13-16(14(2)23-22-13)11-24-9-8-17-19(21-12-20-17)18(24)10-15-6-4-3-5-7-15/h3-7,12-14,16,18,22-23H,8-11H2,1-2H3,(H,20,21). The Morgan fingerprint density at radius 1 is 1.12 bits per heavy atom. The SMILES string of the molecule is CC1NNC(C)C1CN1CCc2[nH]cnc2C1Cc1ccccc1. The highest BCUT2D eigenvalue weighted by Crippen LogP contribution is 2.32. The largest absolute Gasteiger partial charge is 0.348 e. The van der Waals surface area contributed by atoms with Gasteiger partial charge < -0.3 is 4.98 Å². The summed E-state index contributed by atoms with van der Waals surface area (Å²) in [6.07, 6.45) is 3.95. The van der Waals surface area contributed by atoms with E-state index in [0.29, 0.717) is 24.0 Å². The molecular weight excluding hydrogens is 298 g/mol. The summed E-state index contributed by atoms with van der Waals surface area (Å²) in [7, 11) is 0. The van der Waals surface area contributed by atoms with Gasteiger partial charge >= 0.3 is 0 Å². The molecule has 0 bridgehead atoms. The lowest BCUT2D eigenvalue weighted by atomic mass is 9.91. The molecule has 0 spiro atoms. The number of hydrazine groups is 1. The number of aromatic amines is 1. The van der Waals surface area contributed by atoms with Crippen molar-refractivity contribution >= 4 is 0 Å². The predicted molar refractivity (Wildman–Crippen MR) is 95.4 cm³/mol. The molecule has 3 N–H and O–H groups in total. The van der Waals surface area contributed by atoms with Crippen LogP contribution in [0.5, 0.6) is 0 Å². The molecule has 2 aromatic rings. The van der Waals surface area contributed by atoms with Gasteiger partial charge in [0.25, 0.3) is 0 Å². The molecule has 2 aliphatic heterocycles. The quantitative estimate of drug-likeness (QED) is 0.805. The number of hydrogen-bond acceptors (Lipinski definition) is 4. The molecule has 0 saturated carbocycles. The molecule has 3 atom stereocenters. The van der Waals surface area contributed by atoms with Gasteiger partial charge in [0.15, 0.2) is 0 Å². The number of aromatic nitrogens is 2. The molecule has 24 heavy (non-hydrogen) atoms. The van der Waals surface area contributed by atoms with Crippen molar-refractivity contribution in [3.63, 3.8) is 0 Å². The van der Waals surface area contributed by atoms with Crippen LogP contribution in [-0.4, -0.2) is 40.0 Å². The Morgan fingerprint density at radius 2 is 1.88 bits per heavy atom. The van der Waals surface area contributed by atoms with E-state index in [1.54, 1.807) is 0 Å². The Labute approximate surface area is 143 Å². The lowest BCUT2D eigenvalue weighted by Crippen LogP contribution is -2.43. The summed E-state index contributed by atoms with van der Waals surface area (Å²) in [5.41, 5.74) is 10.7. The highest BCUT2D eigenvalue weighted by atomic mass is 15.4. The fraction of sp³-hybridized carbons (Fsp3) is 0.526. The van der Waals surface area contributed by atoms with E-state index in [-0.39, 0.29) is 0 Å². The number of fused-ring (bicyclic) bond motifs is 1. The number of nitrogens with zero attached hydrogens (tertiary/aromatic N) is 2. The van der Waals surface area contributed by atoms with E-state index in [0.717, 1.165) is 25.9 Å². The molecule has 1 aromatic carbocycles. The van der Waals surface area contributed by atoms with Crippen LogP contribution in [0, 0.1) is 5.92 Å². The molecule has 1 aromatic heterocycles. The van der Waals surface area contributed by atoms with Gasteiger partial charge in [-0.05, 0) is 25.8 Å². The zero-order valence-electron chi connectivity index (χ0n) is 14.5. The van der Waals surface area contributed by atoms with Crippen LogP contribution >= 0.6 is 0 Å². The smallest absolute Gasteiger partial charge is 0.0925 e. The maximum Gasteiger partial charge on any atom is 0.0925 e. The fourth-order valence-corrected chi connectivity index (χ4v) is 4.18. The summed E-state index contributed by atoms with van der Waals surface area (Å²) < 4.78 is 0. The lowest BCUT2D eigenvalue weighted by molar-refractivity contribution is 0.143. The first-order valence-electron chi connectivity index (χ1n) is 9.03. The van der Waals surface area contributed by atoms with E-state index in [2.05, 4.69) is 69.9 Å². The molecule has 4 rings (SSSR count).